The second-order valence-corrected chi connectivity index (χ2v) is 6.05. The molecule has 0 atom stereocenters. The van der Waals surface area contributed by atoms with Crippen molar-refractivity contribution in [3.05, 3.63) is 52.7 Å². The van der Waals surface area contributed by atoms with E-state index in [4.69, 9.17) is 10.5 Å². The molecule has 0 saturated carbocycles. The molecule has 0 saturated heterocycles. The number of anilines is 1. The molecule has 21 heavy (non-hydrogen) atoms. The summed E-state index contributed by atoms with van der Waals surface area (Å²) in [5.74, 6) is 0. The van der Waals surface area contributed by atoms with Crippen LogP contribution in [0.15, 0.2) is 41.6 Å². The molecule has 2 aliphatic rings. The van der Waals surface area contributed by atoms with Gasteiger partial charge in [-0.1, -0.05) is 32.0 Å². The summed E-state index contributed by atoms with van der Waals surface area (Å²) in [5.41, 5.74) is 5.31. The van der Waals surface area contributed by atoms with Crippen molar-refractivity contribution in [3.63, 3.8) is 0 Å². The van der Waals surface area contributed by atoms with Crippen LogP contribution in [-0.2, 0) is 11.8 Å². The molecule has 0 aliphatic carbocycles. The van der Waals surface area contributed by atoms with Gasteiger partial charge in [0.15, 0.2) is 0 Å². The molecule has 2 aliphatic heterocycles. The molecule has 0 unspecified atom stereocenters. The summed E-state index contributed by atoms with van der Waals surface area (Å²) in [6.45, 7) is 5.42. The molecule has 2 heterocycles. The number of nitrogens with zero attached hydrogens (tertiary/aromatic N) is 3. The normalized spacial score (nSPS) is 19.6. The van der Waals surface area contributed by atoms with Gasteiger partial charge < -0.3 is 4.90 Å². The Labute approximate surface area is 125 Å². The molecule has 0 fully saturated rings. The fraction of sp³-hybridized carbons (Fsp3) is 0.333. The Bertz CT molecular complexity index is 723. The number of para-hydroxylation sites is 1. The van der Waals surface area contributed by atoms with E-state index in [2.05, 4.69) is 36.9 Å². The van der Waals surface area contributed by atoms with Gasteiger partial charge in [-0.05, 0) is 36.1 Å². The molecule has 3 nitrogen and oxygen atoms in total. The lowest BCUT2D eigenvalue weighted by atomic mass is 9.83. The summed E-state index contributed by atoms with van der Waals surface area (Å²) in [6, 6.07) is 10.4. The van der Waals surface area contributed by atoms with E-state index in [1.807, 2.05) is 18.2 Å². The Morgan fingerprint density at radius 2 is 2.05 bits per heavy atom. The van der Waals surface area contributed by atoms with Gasteiger partial charge in [0.05, 0.1) is 0 Å². The molecule has 1 aromatic carbocycles. The third kappa shape index (κ3) is 1.94. The van der Waals surface area contributed by atoms with Crippen molar-refractivity contribution in [2.24, 2.45) is 0 Å². The number of hydrogen-bond donors (Lipinski definition) is 0. The quantitative estimate of drug-likeness (QED) is 0.736. The fourth-order valence-electron chi connectivity index (χ4n) is 3.43. The van der Waals surface area contributed by atoms with E-state index in [0.29, 0.717) is 0 Å². The van der Waals surface area contributed by atoms with Crippen LogP contribution < -0.4 is 4.90 Å². The molecular formula is C18H17N3. The SMILES string of the molecule is CC1(C)C(=CC=C(C#N)C#N)N2CCCc3cccc1c32. The van der Waals surface area contributed by atoms with Gasteiger partial charge in [0.25, 0.3) is 0 Å². The molecule has 0 bridgehead atoms. The van der Waals surface area contributed by atoms with Gasteiger partial charge >= 0.3 is 0 Å². The van der Waals surface area contributed by atoms with E-state index in [0.717, 1.165) is 19.4 Å². The maximum absolute atomic E-state index is 8.90. The van der Waals surface area contributed by atoms with Crippen molar-refractivity contribution in [1.82, 2.24) is 0 Å². The Kier molecular flexibility index (Phi) is 3.07. The monoisotopic (exact) mass is 275 g/mol. The highest BCUT2D eigenvalue weighted by Gasteiger charge is 2.41. The highest BCUT2D eigenvalue weighted by molar-refractivity contribution is 5.75. The predicted molar refractivity (Wildman–Crippen MR) is 82.5 cm³/mol. The van der Waals surface area contributed by atoms with Crippen LogP contribution in [0.5, 0.6) is 0 Å². The highest BCUT2D eigenvalue weighted by atomic mass is 15.2. The topological polar surface area (TPSA) is 50.8 Å². The van der Waals surface area contributed by atoms with Crippen molar-refractivity contribution in [1.29, 1.82) is 10.5 Å². The first kappa shape index (κ1) is 13.5. The largest absolute Gasteiger partial charge is 0.344 e. The van der Waals surface area contributed by atoms with Crippen LogP contribution in [0.3, 0.4) is 0 Å². The van der Waals surface area contributed by atoms with Crippen molar-refractivity contribution in [2.75, 3.05) is 11.4 Å². The summed E-state index contributed by atoms with van der Waals surface area (Å²) >= 11 is 0. The van der Waals surface area contributed by atoms with Gasteiger partial charge in [-0.15, -0.1) is 0 Å². The number of hydrogen-bond acceptors (Lipinski definition) is 3. The minimum atomic E-state index is -0.0950. The summed E-state index contributed by atoms with van der Waals surface area (Å²) in [6.07, 6.45) is 5.84. The van der Waals surface area contributed by atoms with E-state index in [1.165, 1.54) is 22.5 Å². The first-order valence-corrected chi connectivity index (χ1v) is 7.22. The van der Waals surface area contributed by atoms with Gasteiger partial charge in [0.2, 0.25) is 0 Å². The predicted octanol–water partition coefficient (Wildman–Crippen LogP) is 3.59. The lowest BCUT2D eigenvalue weighted by Gasteiger charge is -2.30. The average Bonchev–Trinajstić information content (AvgIpc) is 2.71. The van der Waals surface area contributed by atoms with Gasteiger partial charge in [-0.2, -0.15) is 10.5 Å². The molecule has 3 heteroatoms. The van der Waals surface area contributed by atoms with Gasteiger partial charge in [-0.25, -0.2) is 0 Å². The number of aryl methyl sites for hydroxylation is 1. The average molecular weight is 275 g/mol. The number of benzene rings is 1. The first-order valence-electron chi connectivity index (χ1n) is 7.22. The lowest BCUT2D eigenvalue weighted by molar-refractivity contribution is 0.625. The maximum atomic E-state index is 8.90. The summed E-state index contributed by atoms with van der Waals surface area (Å²) in [4.78, 5) is 2.36. The maximum Gasteiger partial charge on any atom is 0.129 e. The summed E-state index contributed by atoms with van der Waals surface area (Å²) in [7, 11) is 0. The minimum absolute atomic E-state index is 0.0950. The minimum Gasteiger partial charge on any atom is -0.344 e. The highest BCUT2D eigenvalue weighted by Crippen LogP contribution is 2.50. The zero-order valence-corrected chi connectivity index (χ0v) is 12.3. The molecule has 0 radical (unpaired) electrons. The van der Waals surface area contributed by atoms with Crippen LogP contribution in [-0.4, -0.2) is 6.54 Å². The smallest absolute Gasteiger partial charge is 0.129 e. The zero-order chi connectivity index (χ0) is 15.0. The van der Waals surface area contributed by atoms with Crippen LogP contribution in [0.2, 0.25) is 0 Å². The van der Waals surface area contributed by atoms with Gasteiger partial charge in [-0.3, -0.25) is 0 Å². The molecule has 0 aromatic heterocycles. The standard InChI is InChI=1S/C18H17N3/c1-18(2)15-7-3-5-14-6-4-10-21(17(14)15)16(18)9-8-13(11-19)12-20/h3,5,7-9H,4,6,10H2,1-2H3. The van der Waals surface area contributed by atoms with Crippen molar-refractivity contribution in [2.45, 2.75) is 32.1 Å². The van der Waals surface area contributed by atoms with Crippen LogP contribution in [0.4, 0.5) is 5.69 Å². The van der Waals surface area contributed by atoms with Crippen LogP contribution in [0, 0.1) is 22.7 Å². The molecule has 3 rings (SSSR count). The molecule has 0 N–H and O–H groups in total. The van der Waals surface area contributed by atoms with E-state index < -0.39 is 0 Å². The number of nitriles is 2. The van der Waals surface area contributed by atoms with Crippen LogP contribution >= 0.6 is 0 Å². The Hall–Kier alpha value is -2.52. The molecular weight excluding hydrogens is 258 g/mol. The Morgan fingerprint density at radius 1 is 1.29 bits per heavy atom. The van der Waals surface area contributed by atoms with Crippen molar-refractivity contribution in [3.8, 4) is 12.1 Å². The fourth-order valence-corrected chi connectivity index (χ4v) is 3.43. The Morgan fingerprint density at radius 3 is 2.76 bits per heavy atom. The molecule has 0 amide bonds. The van der Waals surface area contributed by atoms with E-state index in [9.17, 15) is 0 Å². The van der Waals surface area contributed by atoms with Crippen LogP contribution in [0.25, 0.3) is 0 Å². The summed E-state index contributed by atoms with van der Waals surface area (Å²) < 4.78 is 0. The molecule has 104 valence electrons. The van der Waals surface area contributed by atoms with Crippen molar-refractivity contribution >= 4 is 5.69 Å². The van der Waals surface area contributed by atoms with E-state index >= 15 is 0 Å². The van der Waals surface area contributed by atoms with Crippen molar-refractivity contribution < 1.29 is 0 Å². The number of allylic oxidation sites excluding steroid dienone is 4. The summed E-state index contributed by atoms with van der Waals surface area (Å²) in [5, 5.41) is 17.8. The van der Waals surface area contributed by atoms with Gasteiger partial charge in [0, 0.05) is 23.3 Å². The molecule has 0 spiro atoms. The zero-order valence-electron chi connectivity index (χ0n) is 12.3. The Balaban J connectivity index is 2.16. The van der Waals surface area contributed by atoms with E-state index in [1.54, 1.807) is 6.08 Å². The lowest BCUT2D eigenvalue weighted by Crippen LogP contribution is -2.29. The second-order valence-electron chi connectivity index (χ2n) is 6.05. The molecule has 1 aromatic rings. The van der Waals surface area contributed by atoms with Gasteiger partial charge in [0.1, 0.15) is 17.7 Å². The third-order valence-corrected chi connectivity index (χ3v) is 4.47. The van der Waals surface area contributed by atoms with Crippen LogP contribution in [0.1, 0.15) is 31.4 Å². The number of rotatable bonds is 1. The van der Waals surface area contributed by atoms with E-state index in [-0.39, 0.29) is 11.0 Å². The third-order valence-electron chi connectivity index (χ3n) is 4.47. The second kappa shape index (κ2) is 4.79. The first-order chi connectivity index (χ1) is 10.1.